The standard InChI is InChI=1S/C21H25ClN2O4S/c1-15(16-6-4-3-5-7-16)23-21(25)17-10-12-24(13-11-17)29(26,27)18-8-9-20(28-2)19(22)14-18/h3-9,14-15,17H,10-13H2,1-2H3,(H,23,25)/t15-/m0/s1. The number of carbonyl (C=O) groups is 1. The molecule has 0 saturated carbocycles. The van der Waals surface area contributed by atoms with Crippen LogP contribution < -0.4 is 10.1 Å². The average molecular weight is 437 g/mol. The predicted octanol–water partition coefficient (Wildman–Crippen LogP) is 3.63. The molecule has 0 bridgehead atoms. The van der Waals surface area contributed by atoms with Crippen molar-refractivity contribution in [3.8, 4) is 5.75 Å². The second kappa shape index (κ2) is 9.15. The van der Waals surface area contributed by atoms with Crippen molar-refractivity contribution in [2.24, 2.45) is 5.92 Å². The molecule has 6 nitrogen and oxygen atoms in total. The van der Waals surface area contributed by atoms with Gasteiger partial charge in [0.05, 0.1) is 23.1 Å². The number of nitrogens with one attached hydrogen (secondary N) is 1. The Morgan fingerprint density at radius 3 is 2.41 bits per heavy atom. The smallest absolute Gasteiger partial charge is 0.243 e. The molecule has 1 saturated heterocycles. The summed E-state index contributed by atoms with van der Waals surface area (Å²) in [6.45, 7) is 2.54. The highest BCUT2D eigenvalue weighted by Gasteiger charge is 2.32. The van der Waals surface area contributed by atoms with E-state index >= 15 is 0 Å². The molecule has 1 fully saturated rings. The van der Waals surface area contributed by atoms with Crippen molar-refractivity contribution in [2.45, 2.75) is 30.7 Å². The van der Waals surface area contributed by atoms with Crippen molar-refractivity contribution in [3.63, 3.8) is 0 Å². The number of rotatable bonds is 6. The molecule has 1 aliphatic rings. The maximum absolute atomic E-state index is 12.9. The van der Waals surface area contributed by atoms with Gasteiger partial charge >= 0.3 is 0 Å². The van der Waals surface area contributed by atoms with Crippen LogP contribution >= 0.6 is 11.6 Å². The Kier molecular flexibility index (Phi) is 6.82. The van der Waals surface area contributed by atoms with Crippen LogP contribution in [0.2, 0.25) is 5.02 Å². The van der Waals surface area contributed by atoms with Gasteiger partial charge in [0.2, 0.25) is 15.9 Å². The summed E-state index contributed by atoms with van der Waals surface area (Å²) in [7, 11) is -2.19. The summed E-state index contributed by atoms with van der Waals surface area (Å²) >= 11 is 6.08. The molecule has 29 heavy (non-hydrogen) atoms. The monoisotopic (exact) mass is 436 g/mol. The first-order valence-electron chi connectivity index (χ1n) is 9.52. The van der Waals surface area contributed by atoms with E-state index in [0.29, 0.717) is 31.7 Å². The van der Waals surface area contributed by atoms with Crippen LogP contribution in [0.25, 0.3) is 0 Å². The molecule has 3 rings (SSSR count). The molecule has 1 aliphatic heterocycles. The van der Waals surface area contributed by atoms with E-state index in [-0.39, 0.29) is 27.8 Å². The maximum Gasteiger partial charge on any atom is 0.243 e. The van der Waals surface area contributed by atoms with Crippen LogP contribution in [-0.2, 0) is 14.8 Å². The zero-order chi connectivity index (χ0) is 21.0. The largest absolute Gasteiger partial charge is 0.495 e. The number of halogens is 1. The number of piperidine rings is 1. The molecule has 1 atom stereocenters. The topological polar surface area (TPSA) is 75.7 Å². The van der Waals surface area contributed by atoms with Gasteiger partial charge in [-0.2, -0.15) is 4.31 Å². The molecule has 0 aliphatic carbocycles. The van der Waals surface area contributed by atoms with Crippen molar-refractivity contribution < 1.29 is 17.9 Å². The first-order valence-corrected chi connectivity index (χ1v) is 11.3. The van der Waals surface area contributed by atoms with Gasteiger partial charge in [0, 0.05) is 19.0 Å². The lowest BCUT2D eigenvalue weighted by atomic mass is 9.96. The van der Waals surface area contributed by atoms with E-state index in [1.54, 1.807) is 6.07 Å². The lowest BCUT2D eigenvalue weighted by Gasteiger charge is -2.31. The summed E-state index contributed by atoms with van der Waals surface area (Å²) in [5.74, 6) is 0.187. The van der Waals surface area contributed by atoms with E-state index in [0.717, 1.165) is 5.56 Å². The minimum absolute atomic E-state index is 0.0362. The molecule has 156 valence electrons. The SMILES string of the molecule is COc1ccc(S(=O)(=O)N2CCC(C(=O)N[C@@H](C)c3ccccc3)CC2)cc1Cl. The summed E-state index contributed by atoms with van der Waals surface area (Å²) in [6.07, 6.45) is 0.965. The summed E-state index contributed by atoms with van der Waals surface area (Å²) in [5.41, 5.74) is 1.04. The van der Waals surface area contributed by atoms with Gasteiger partial charge in [-0.1, -0.05) is 41.9 Å². The van der Waals surface area contributed by atoms with E-state index in [1.807, 2.05) is 37.3 Å². The van der Waals surface area contributed by atoms with Crippen molar-refractivity contribution in [3.05, 3.63) is 59.1 Å². The number of hydrogen-bond donors (Lipinski definition) is 1. The summed E-state index contributed by atoms with van der Waals surface area (Å²) < 4.78 is 32.3. The summed E-state index contributed by atoms with van der Waals surface area (Å²) in [6, 6.07) is 14.1. The molecular formula is C21H25ClN2O4S. The van der Waals surface area contributed by atoms with Crippen LogP contribution in [0.5, 0.6) is 5.75 Å². The first-order chi connectivity index (χ1) is 13.8. The number of benzene rings is 2. The lowest BCUT2D eigenvalue weighted by Crippen LogP contribution is -2.43. The van der Waals surface area contributed by atoms with E-state index in [4.69, 9.17) is 16.3 Å². The van der Waals surface area contributed by atoms with Crippen LogP contribution in [0, 0.1) is 5.92 Å². The second-order valence-corrected chi connectivity index (χ2v) is 9.46. The van der Waals surface area contributed by atoms with Gasteiger partial charge in [0.1, 0.15) is 5.75 Å². The Morgan fingerprint density at radius 1 is 1.17 bits per heavy atom. The van der Waals surface area contributed by atoms with Crippen molar-refractivity contribution >= 4 is 27.5 Å². The predicted molar refractivity (Wildman–Crippen MR) is 112 cm³/mol. The fourth-order valence-electron chi connectivity index (χ4n) is 3.47. The highest BCUT2D eigenvalue weighted by molar-refractivity contribution is 7.89. The summed E-state index contributed by atoms with van der Waals surface area (Å²) in [5, 5.41) is 3.28. The van der Waals surface area contributed by atoms with Gasteiger partial charge in [-0.05, 0) is 43.5 Å². The zero-order valence-electron chi connectivity index (χ0n) is 16.5. The van der Waals surface area contributed by atoms with E-state index in [9.17, 15) is 13.2 Å². The molecule has 2 aromatic rings. The Hall–Kier alpha value is -2.09. The number of sulfonamides is 1. The third kappa shape index (κ3) is 4.91. The van der Waals surface area contributed by atoms with Gasteiger partial charge in [0.15, 0.2) is 0 Å². The fourth-order valence-corrected chi connectivity index (χ4v) is 5.29. The van der Waals surface area contributed by atoms with Crippen LogP contribution in [0.3, 0.4) is 0 Å². The highest BCUT2D eigenvalue weighted by atomic mass is 35.5. The first kappa shape index (κ1) is 21.6. The second-order valence-electron chi connectivity index (χ2n) is 7.12. The van der Waals surface area contributed by atoms with Gasteiger partial charge < -0.3 is 10.1 Å². The molecule has 1 amide bonds. The number of nitrogens with zero attached hydrogens (tertiary/aromatic N) is 1. The molecule has 1 N–H and O–H groups in total. The van der Waals surface area contributed by atoms with Crippen molar-refractivity contribution in [1.29, 1.82) is 0 Å². The van der Waals surface area contributed by atoms with E-state index < -0.39 is 10.0 Å². The van der Waals surface area contributed by atoms with Crippen molar-refractivity contribution in [1.82, 2.24) is 9.62 Å². The number of amides is 1. The number of ether oxygens (including phenoxy) is 1. The van der Waals surface area contributed by atoms with Crippen LogP contribution in [0.1, 0.15) is 31.4 Å². The lowest BCUT2D eigenvalue weighted by molar-refractivity contribution is -0.126. The highest BCUT2D eigenvalue weighted by Crippen LogP contribution is 2.30. The Balaban J connectivity index is 1.61. The van der Waals surface area contributed by atoms with Gasteiger partial charge in [0.25, 0.3) is 0 Å². The maximum atomic E-state index is 12.9. The Labute approximate surface area is 176 Å². The number of carbonyl (C=O) groups excluding carboxylic acids is 1. The summed E-state index contributed by atoms with van der Waals surface area (Å²) in [4.78, 5) is 12.7. The van der Waals surface area contributed by atoms with Gasteiger partial charge in [-0.15, -0.1) is 0 Å². The molecule has 0 spiro atoms. The van der Waals surface area contributed by atoms with Crippen molar-refractivity contribution in [2.75, 3.05) is 20.2 Å². The molecular weight excluding hydrogens is 412 g/mol. The molecule has 8 heteroatoms. The van der Waals surface area contributed by atoms with Gasteiger partial charge in [-0.25, -0.2) is 8.42 Å². The quantitative estimate of drug-likeness (QED) is 0.750. The molecule has 0 unspecified atom stereocenters. The van der Waals surface area contributed by atoms with E-state index in [2.05, 4.69) is 5.32 Å². The minimum atomic E-state index is -3.66. The Bertz CT molecular complexity index is 958. The molecule has 0 radical (unpaired) electrons. The van der Waals surface area contributed by atoms with Crippen LogP contribution in [-0.4, -0.2) is 38.8 Å². The number of hydrogen-bond acceptors (Lipinski definition) is 4. The fraction of sp³-hybridized carbons (Fsp3) is 0.381. The van der Waals surface area contributed by atoms with Gasteiger partial charge in [-0.3, -0.25) is 4.79 Å². The molecule has 1 heterocycles. The van der Waals surface area contributed by atoms with Crippen LogP contribution in [0.4, 0.5) is 0 Å². The zero-order valence-corrected chi connectivity index (χ0v) is 18.0. The molecule has 0 aromatic heterocycles. The third-order valence-electron chi connectivity index (χ3n) is 5.24. The number of methoxy groups -OCH3 is 1. The third-order valence-corrected chi connectivity index (χ3v) is 7.43. The van der Waals surface area contributed by atoms with E-state index in [1.165, 1.54) is 23.5 Å². The minimum Gasteiger partial charge on any atom is -0.495 e. The van der Waals surface area contributed by atoms with Crippen LogP contribution in [0.15, 0.2) is 53.4 Å². The molecule has 2 aromatic carbocycles. The average Bonchev–Trinajstić information content (AvgIpc) is 2.74. The normalized spacial score (nSPS) is 16.9. The Morgan fingerprint density at radius 2 is 1.83 bits per heavy atom.